The third-order valence-corrected chi connectivity index (χ3v) is 3.49. The first-order valence-electron chi connectivity index (χ1n) is 7.49. The summed E-state index contributed by atoms with van der Waals surface area (Å²) >= 11 is 0. The zero-order valence-corrected chi connectivity index (χ0v) is 12.8. The van der Waals surface area contributed by atoms with Gasteiger partial charge in [0.15, 0.2) is 0 Å². The molecule has 0 aliphatic rings. The van der Waals surface area contributed by atoms with Gasteiger partial charge in [-0.15, -0.1) is 0 Å². The molecule has 0 atom stereocenters. The number of benzene rings is 2. The summed E-state index contributed by atoms with van der Waals surface area (Å²) in [6.45, 7) is 0.141. The van der Waals surface area contributed by atoms with E-state index in [4.69, 9.17) is 9.84 Å². The van der Waals surface area contributed by atoms with Crippen molar-refractivity contribution in [2.75, 3.05) is 6.61 Å². The molecule has 0 unspecified atom stereocenters. The van der Waals surface area contributed by atoms with E-state index in [0.29, 0.717) is 12.5 Å². The number of alkyl halides is 3. The molecular formula is C18H17F3O3. The maximum atomic E-state index is 13.0. The van der Waals surface area contributed by atoms with Gasteiger partial charge in [-0.1, -0.05) is 30.3 Å². The van der Waals surface area contributed by atoms with Crippen LogP contribution in [0.2, 0.25) is 0 Å². The summed E-state index contributed by atoms with van der Waals surface area (Å²) in [5.74, 6) is -1.75. The normalized spacial score (nSPS) is 11.3. The van der Waals surface area contributed by atoms with Crippen molar-refractivity contribution in [1.29, 1.82) is 0 Å². The maximum absolute atomic E-state index is 13.0. The van der Waals surface area contributed by atoms with Crippen LogP contribution in [-0.4, -0.2) is 17.7 Å². The van der Waals surface area contributed by atoms with Crippen molar-refractivity contribution in [3.63, 3.8) is 0 Å². The second kappa shape index (κ2) is 7.86. The van der Waals surface area contributed by atoms with Gasteiger partial charge in [0.05, 0.1) is 17.7 Å². The summed E-state index contributed by atoms with van der Waals surface area (Å²) in [7, 11) is 0. The van der Waals surface area contributed by atoms with Gasteiger partial charge >= 0.3 is 12.1 Å². The molecule has 128 valence electrons. The summed E-state index contributed by atoms with van der Waals surface area (Å²) in [6, 6.07) is 12.5. The number of carbonyl (C=O) groups is 1. The monoisotopic (exact) mass is 338 g/mol. The number of halogens is 3. The molecule has 0 aromatic heterocycles. The zero-order chi connectivity index (χ0) is 17.6. The molecule has 0 radical (unpaired) electrons. The van der Waals surface area contributed by atoms with Crippen LogP contribution in [0.5, 0.6) is 5.75 Å². The average molecular weight is 338 g/mol. The smallest absolute Gasteiger partial charge is 0.419 e. The maximum Gasteiger partial charge on any atom is 0.419 e. The van der Waals surface area contributed by atoms with Crippen LogP contribution in [0.15, 0.2) is 48.5 Å². The first kappa shape index (κ1) is 17.8. The summed E-state index contributed by atoms with van der Waals surface area (Å²) in [6.07, 6.45) is -2.44. The molecule has 0 saturated heterocycles. The van der Waals surface area contributed by atoms with Gasteiger partial charge in [-0.2, -0.15) is 13.2 Å². The van der Waals surface area contributed by atoms with E-state index in [1.54, 1.807) is 0 Å². The minimum absolute atomic E-state index is 0.141. The minimum Gasteiger partial charge on any atom is -0.493 e. The average Bonchev–Trinajstić information content (AvgIpc) is 2.54. The number of ether oxygens (including phenoxy) is 1. The highest BCUT2D eigenvalue weighted by Gasteiger charge is 2.35. The van der Waals surface area contributed by atoms with Crippen molar-refractivity contribution in [2.24, 2.45) is 0 Å². The topological polar surface area (TPSA) is 46.5 Å². The molecule has 2 aromatic rings. The lowest BCUT2D eigenvalue weighted by atomic mass is 10.1. The van der Waals surface area contributed by atoms with E-state index in [0.717, 1.165) is 25.0 Å². The highest BCUT2D eigenvalue weighted by Crippen LogP contribution is 2.37. The van der Waals surface area contributed by atoms with Crippen LogP contribution in [0.3, 0.4) is 0 Å². The molecule has 0 amide bonds. The van der Waals surface area contributed by atoms with Crippen molar-refractivity contribution >= 4 is 5.97 Å². The number of carboxylic acids is 1. The van der Waals surface area contributed by atoms with Crippen LogP contribution in [0.4, 0.5) is 13.2 Å². The zero-order valence-electron chi connectivity index (χ0n) is 12.8. The van der Waals surface area contributed by atoms with Crippen LogP contribution >= 0.6 is 0 Å². The molecule has 6 heteroatoms. The van der Waals surface area contributed by atoms with Crippen molar-refractivity contribution < 1.29 is 27.8 Å². The number of aromatic carboxylic acids is 1. The van der Waals surface area contributed by atoms with Gasteiger partial charge in [0, 0.05) is 0 Å². The Kier molecular flexibility index (Phi) is 5.84. The molecule has 24 heavy (non-hydrogen) atoms. The molecule has 1 N–H and O–H groups in total. The Labute approximate surface area is 137 Å². The van der Waals surface area contributed by atoms with Gasteiger partial charge < -0.3 is 9.84 Å². The largest absolute Gasteiger partial charge is 0.493 e. The fraction of sp³-hybridized carbons (Fsp3) is 0.278. The number of aryl methyl sites for hydroxylation is 1. The third-order valence-electron chi connectivity index (χ3n) is 3.49. The van der Waals surface area contributed by atoms with Crippen molar-refractivity contribution in [2.45, 2.75) is 25.4 Å². The number of rotatable bonds is 7. The van der Waals surface area contributed by atoms with Crippen LogP contribution in [0, 0.1) is 0 Å². The molecule has 0 fully saturated rings. The molecule has 0 aliphatic carbocycles. The van der Waals surface area contributed by atoms with Gasteiger partial charge in [-0.3, -0.25) is 0 Å². The van der Waals surface area contributed by atoms with E-state index >= 15 is 0 Å². The second-order valence-corrected chi connectivity index (χ2v) is 5.31. The molecule has 0 aliphatic heterocycles. The van der Waals surface area contributed by atoms with Crippen molar-refractivity contribution in [3.8, 4) is 5.75 Å². The molecule has 3 nitrogen and oxygen atoms in total. The first-order chi connectivity index (χ1) is 11.4. The molecule has 2 aromatic carbocycles. The van der Waals surface area contributed by atoms with Gasteiger partial charge in [0.1, 0.15) is 5.75 Å². The molecule has 0 heterocycles. The number of hydrogen-bond donors (Lipinski definition) is 1. The Morgan fingerprint density at radius 2 is 1.75 bits per heavy atom. The number of carboxylic acid groups (broad SMARTS) is 1. The lowest BCUT2D eigenvalue weighted by Gasteiger charge is -2.14. The quantitative estimate of drug-likeness (QED) is 0.737. The SMILES string of the molecule is O=C(O)c1ccc(OCCCCc2ccccc2)c(C(F)(F)F)c1. The second-order valence-electron chi connectivity index (χ2n) is 5.31. The van der Waals surface area contributed by atoms with Gasteiger partial charge in [0.25, 0.3) is 0 Å². The summed E-state index contributed by atoms with van der Waals surface area (Å²) in [4.78, 5) is 10.8. The minimum atomic E-state index is -4.66. The van der Waals surface area contributed by atoms with Crippen molar-refractivity contribution in [3.05, 3.63) is 65.2 Å². The first-order valence-corrected chi connectivity index (χ1v) is 7.49. The predicted octanol–water partition coefficient (Wildman–Crippen LogP) is 4.81. The highest BCUT2D eigenvalue weighted by atomic mass is 19.4. The Bertz CT molecular complexity index is 682. The third kappa shape index (κ3) is 5.01. The standard InChI is InChI=1S/C18H17F3O3/c19-18(20,21)15-12-14(17(22)23)9-10-16(15)24-11-5-4-8-13-6-2-1-3-7-13/h1-3,6-7,9-10,12H,4-5,8,11H2,(H,22,23). The number of unbranched alkanes of at least 4 members (excludes halogenated alkanes) is 1. The Morgan fingerprint density at radius 3 is 2.38 bits per heavy atom. The fourth-order valence-corrected chi connectivity index (χ4v) is 2.27. The van der Waals surface area contributed by atoms with Crippen LogP contribution in [-0.2, 0) is 12.6 Å². The lowest BCUT2D eigenvalue weighted by Crippen LogP contribution is -2.11. The lowest BCUT2D eigenvalue weighted by molar-refractivity contribution is -0.139. The Morgan fingerprint density at radius 1 is 1.04 bits per heavy atom. The molecule has 0 spiro atoms. The van der Waals surface area contributed by atoms with Crippen LogP contribution < -0.4 is 4.74 Å². The van der Waals surface area contributed by atoms with E-state index in [9.17, 15) is 18.0 Å². The van der Waals surface area contributed by atoms with E-state index in [2.05, 4.69) is 0 Å². The predicted molar refractivity (Wildman–Crippen MR) is 83.3 cm³/mol. The molecular weight excluding hydrogens is 321 g/mol. The van der Waals surface area contributed by atoms with E-state index in [1.165, 1.54) is 5.56 Å². The fourth-order valence-electron chi connectivity index (χ4n) is 2.27. The van der Waals surface area contributed by atoms with Gasteiger partial charge in [-0.25, -0.2) is 4.79 Å². The Balaban J connectivity index is 1.93. The molecule has 0 bridgehead atoms. The summed E-state index contributed by atoms with van der Waals surface area (Å²) in [5.41, 5.74) is -0.316. The van der Waals surface area contributed by atoms with E-state index in [-0.39, 0.29) is 12.4 Å². The van der Waals surface area contributed by atoms with E-state index in [1.807, 2.05) is 30.3 Å². The van der Waals surface area contributed by atoms with Crippen LogP contribution in [0.25, 0.3) is 0 Å². The van der Waals surface area contributed by atoms with Gasteiger partial charge in [-0.05, 0) is 43.0 Å². The van der Waals surface area contributed by atoms with Gasteiger partial charge in [0.2, 0.25) is 0 Å². The number of hydrogen-bond acceptors (Lipinski definition) is 2. The summed E-state index contributed by atoms with van der Waals surface area (Å²) in [5, 5.41) is 8.81. The summed E-state index contributed by atoms with van der Waals surface area (Å²) < 4.78 is 44.3. The highest BCUT2D eigenvalue weighted by molar-refractivity contribution is 5.88. The molecule has 2 rings (SSSR count). The molecule has 0 saturated carbocycles. The van der Waals surface area contributed by atoms with Crippen molar-refractivity contribution in [1.82, 2.24) is 0 Å². The Hall–Kier alpha value is -2.50. The van der Waals surface area contributed by atoms with E-state index < -0.39 is 23.3 Å². The van der Waals surface area contributed by atoms with Crippen LogP contribution in [0.1, 0.15) is 34.3 Å².